The quantitative estimate of drug-likeness (QED) is 0.811. The highest BCUT2D eigenvalue weighted by atomic mass is 19.4. The van der Waals surface area contributed by atoms with Gasteiger partial charge in [0.1, 0.15) is 0 Å². The molecule has 0 aromatic carbocycles. The van der Waals surface area contributed by atoms with E-state index >= 15 is 0 Å². The summed E-state index contributed by atoms with van der Waals surface area (Å²) in [5, 5.41) is 3.32. The third kappa shape index (κ3) is 5.70. The van der Waals surface area contributed by atoms with Gasteiger partial charge in [-0.2, -0.15) is 13.2 Å². The summed E-state index contributed by atoms with van der Waals surface area (Å²) in [7, 11) is 0. The average Bonchev–Trinajstić information content (AvgIpc) is 2.26. The Morgan fingerprint density at radius 3 is 2.62 bits per heavy atom. The highest BCUT2D eigenvalue weighted by Crippen LogP contribution is 2.18. The van der Waals surface area contributed by atoms with Crippen molar-refractivity contribution in [2.24, 2.45) is 5.92 Å². The van der Waals surface area contributed by atoms with E-state index in [0.717, 1.165) is 19.4 Å². The normalized spacial score (nSPS) is 24.8. The van der Waals surface area contributed by atoms with Crippen molar-refractivity contribution in [3.63, 3.8) is 0 Å². The van der Waals surface area contributed by atoms with Gasteiger partial charge in [0.05, 0.1) is 6.54 Å². The SMILES string of the molecule is CC(C)CC1CN(CC(F)(F)F)CCCN1. The fourth-order valence-electron chi connectivity index (χ4n) is 2.20. The van der Waals surface area contributed by atoms with Crippen molar-refractivity contribution in [2.75, 3.05) is 26.2 Å². The van der Waals surface area contributed by atoms with Crippen molar-refractivity contribution >= 4 is 0 Å². The molecule has 1 rings (SSSR count). The number of halogens is 3. The van der Waals surface area contributed by atoms with E-state index in [1.807, 2.05) is 0 Å². The number of rotatable bonds is 3. The highest BCUT2D eigenvalue weighted by molar-refractivity contribution is 4.78. The molecule has 1 unspecified atom stereocenters. The van der Waals surface area contributed by atoms with E-state index in [9.17, 15) is 13.2 Å². The smallest absolute Gasteiger partial charge is 0.313 e. The fraction of sp³-hybridized carbons (Fsp3) is 1.00. The molecule has 0 bridgehead atoms. The summed E-state index contributed by atoms with van der Waals surface area (Å²) >= 11 is 0. The molecule has 0 aromatic heterocycles. The van der Waals surface area contributed by atoms with Crippen molar-refractivity contribution < 1.29 is 13.2 Å². The zero-order valence-corrected chi connectivity index (χ0v) is 9.98. The topological polar surface area (TPSA) is 15.3 Å². The summed E-state index contributed by atoms with van der Waals surface area (Å²) in [6, 6.07) is 0.199. The molecule has 0 saturated carbocycles. The summed E-state index contributed by atoms with van der Waals surface area (Å²) in [6.45, 7) is 5.30. The minimum atomic E-state index is -4.08. The first-order valence-electron chi connectivity index (χ1n) is 5.89. The Hall–Kier alpha value is -0.290. The number of alkyl halides is 3. The van der Waals surface area contributed by atoms with Crippen LogP contribution in [0.3, 0.4) is 0 Å². The zero-order chi connectivity index (χ0) is 12.2. The van der Waals surface area contributed by atoms with Crippen LogP contribution in [0.5, 0.6) is 0 Å². The van der Waals surface area contributed by atoms with Crippen LogP contribution in [0.15, 0.2) is 0 Å². The average molecular weight is 238 g/mol. The molecule has 0 aromatic rings. The predicted octanol–water partition coefficient (Wildman–Crippen LogP) is 2.26. The van der Waals surface area contributed by atoms with E-state index in [0.29, 0.717) is 19.0 Å². The van der Waals surface area contributed by atoms with Crippen molar-refractivity contribution in [2.45, 2.75) is 38.9 Å². The number of hydrogen-bond acceptors (Lipinski definition) is 2. The lowest BCUT2D eigenvalue weighted by atomic mass is 10.0. The van der Waals surface area contributed by atoms with E-state index in [4.69, 9.17) is 0 Å². The third-order valence-corrected chi connectivity index (χ3v) is 2.72. The van der Waals surface area contributed by atoms with Gasteiger partial charge >= 0.3 is 6.18 Å². The maximum atomic E-state index is 12.3. The fourth-order valence-corrected chi connectivity index (χ4v) is 2.20. The Morgan fingerprint density at radius 1 is 1.38 bits per heavy atom. The van der Waals surface area contributed by atoms with Crippen LogP contribution in [-0.4, -0.2) is 43.3 Å². The molecule has 5 heteroatoms. The Labute approximate surface area is 95.2 Å². The Morgan fingerprint density at radius 2 is 2.06 bits per heavy atom. The molecule has 0 radical (unpaired) electrons. The summed E-state index contributed by atoms with van der Waals surface area (Å²) < 4.78 is 36.9. The van der Waals surface area contributed by atoms with E-state index in [1.165, 1.54) is 4.90 Å². The van der Waals surface area contributed by atoms with E-state index in [1.54, 1.807) is 0 Å². The van der Waals surface area contributed by atoms with E-state index in [-0.39, 0.29) is 6.04 Å². The zero-order valence-electron chi connectivity index (χ0n) is 9.98. The summed E-state index contributed by atoms with van der Waals surface area (Å²) in [5.41, 5.74) is 0. The monoisotopic (exact) mass is 238 g/mol. The lowest BCUT2D eigenvalue weighted by Gasteiger charge is -2.26. The van der Waals surface area contributed by atoms with Gasteiger partial charge in [0.2, 0.25) is 0 Å². The van der Waals surface area contributed by atoms with Crippen molar-refractivity contribution in [3.8, 4) is 0 Å². The molecule has 0 aliphatic carbocycles. The van der Waals surface area contributed by atoms with Crippen LogP contribution in [0.4, 0.5) is 13.2 Å². The van der Waals surface area contributed by atoms with Crippen molar-refractivity contribution in [1.29, 1.82) is 0 Å². The lowest BCUT2D eigenvalue weighted by molar-refractivity contribution is -0.146. The molecule has 96 valence electrons. The standard InChI is InChI=1S/C11H21F3N2/c1-9(2)6-10-7-16(5-3-4-15-10)8-11(12,13)14/h9-10,15H,3-8H2,1-2H3. The van der Waals surface area contributed by atoms with E-state index in [2.05, 4.69) is 19.2 Å². The van der Waals surface area contributed by atoms with Gasteiger partial charge in [-0.15, -0.1) is 0 Å². The Bertz CT molecular complexity index is 204. The maximum absolute atomic E-state index is 12.3. The highest BCUT2D eigenvalue weighted by Gasteiger charge is 2.32. The van der Waals surface area contributed by atoms with Crippen LogP contribution in [0.2, 0.25) is 0 Å². The van der Waals surface area contributed by atoms with Gasteiger partial charge in [-0.05, 0) is 31.8 Å². The molecular weight excluding hydrogens is 217 g/mol. The van der Waals surface area contributed by atoms with Gasteiger partial charge in [-0.25, -0.2) is 0 Å². The number of hydrogen-bond donors (Lipinski definition) is 1. The van der Waals surface area contributed by atoms with E-state index < -0.39 is 12.7 Å². The van der Waals surface area contributed by atoms with Crippen LogP contribution in [0, 0.1) is 5.92 Å². The van der Waals surface area contributed by atoms with Crippen LogP contribution in [0.1, 0.15) is 26.7 Å². The lowest BCUT2D eigenvalue weighted by Crippen LogP contribution is -2.42. The predicted molar refractivity (Wildman–Crippen MR) is 58.4 cm³/mol. The molecule has 1 heterocycles. The summed E-state index contributed by atoms with van der Waals surface area (Å²) in [6.07, 6.45) is -2.34. The second-order valence-electron chi connectivity index (χ2n) is 4.98. The van der Waals surface area contributed by atoms with Crippen LogP contribution in [-0.2, 0) is 0 Å². The molecule has 1 aliphatic rings. The van der Waals surface area contributed by atoms with Crippen LogP contribution < -0.4 is 5.32 Å². The minimum Gasteiger partial charge on any atom is -0.313 e. The molecule has 1 atom stereocenters. The molecular formula is C11H21F3N2. The summed E-state index contributed by atoms with van der Waals surface area (Å²) in [4.78, 5) is 1.52. The first kappa shape index (κ1) is 13.8. The van der Waals surface area contributed by atoms with Gasteiger partial charge < -0.3 is 5.32 Å². The van der Waals surface area contributed by atoms with Gasteiger partial charge in [-0.1, -0.05) is 13.8 Å². The van der Waals surface area contributed by atoms with Crippen LogP contribution >= 0.6 is 0 Å². The molecule has 16 heavy (non-hydrogen) atoms. The molecule has 1 fully saturated rings. The van der Waals surface area contributed by atoms with Crippen molar-refractivity contribution in [3.05, 3.63) is 0 Å². The molecule has 0 amide bonds. The Kier molecular flexibility index (Phi) is 5.05. The number of nitrogens with zero attached hydrogens (tertiary/aromatic N) is 1. The van der Waals surface area contributed by atoms with Gasteiger partial charge in [-0.3, -0.25) is 4.90 Å². The largest absolute Gasteiger partial charge is 0.401 e. The number of nitrogens with one attached hydrogen (secondary N) is 1. The van der Waals surface area contributed by atoms with Gasteiger partial charge in [0.25, 0.3) is 0 Å². The maximum Gasteiger partial charge on any atom is 0.401 e. The second-order valence-corrected chi connectivity index (χ2v) is 4.98. The molecule has 1 N–H and O–H groups in total. The third-order valence-electron chi connectivity index (χ3n) is 2.72. The van der Waals surface area contributed by atoms with Gasteiger partial charge in [0, 0.05) is 12.6 Å². The minimum absolute atomic E-state index is 0.199. The molecule has 1 saturated heterocycles. The first-order valence-corrected chi connectivity index (χ1v) is 5.89. The summed E-state index contributed by atoms with van der Waals surface area (Å²) in [5.74, 6) is 0.517. The molecule has 1 aliphatic heterocycles. The first-order chi connectivity index (χ1) is 7.37. The Balaban J connectivity index is 2.45. The second kappa shape index (κ2) is 5.87. The van der Waals surface area contributed by atoms with Crippen LogP contribution in [0.25, 0.3) is 0 Å². The van der Waals surface area contributed by atoms with Gasteiger partial charge in [0.15, 0.2) is 0 Å². The molecule has 0 spiro atoms. The van der Waals surface area contributed by atoms with Crippen molar-refractivity contribution in [1.82, 2.24) is 10.2 Å². The molecule has 2 nitrogen and oxygen atoms in total.